The highest BCUT2D eigenvalue weighted by atomic mass is 16.5. The molecule has 0 saturated carbocycles. The summed E-state index contributed by atoms with van der Waals surface area (Å²) in [6.07, 6.45) is 1.71. The molecule has 2 rings (SSSR count). The van der Waals surface area contributed by atoms with Gasteiger partial charge in [-0.1, -0.05) is 0 Å². The van der Waals surface area contributed by atoms with Crippen molar-refractivity contribution in [2.24, 2.45) is 5.92 Å². The lowest BCUT2D eigenvalue weighted by Crippen LogP contribution is -2.55. The number of carboxylic acid groups (broad SMARTS) is 1. The second kappa shape index (κ2) is 5.01. The summed E-state index contributed by atoms with van der Waals surface area (Å²) in [4.78, 5) is 23.0. The van der Waals surface area contributed by atoms with Gasteiger partial charge in [0.25, 0.3) is 0 Å². The van der Waals surface area contributed by atoms with Crippen LogP contribution in [0.3, 0.4) is 0 Å². The maximum absolute atomic E-state index is 11.8. The molecule has 17 heavy (non-hydrogen) atoms. The molecule has 2 heterocycles. The Labute approximate surface area is 99.7 Å². The molecule has 0 aromatic rings. The zero-order chi connectivity index (χ0) is 12.3. The third-order valence-corrected chi connectivity index (χ3v) is 3.45. The molecule has 2 atom stereocenters. The van der Waals surface area contributed by atoms with E-state index in [1.54, 1.807) is 0 Å². The molecule has 0 bridgehead atoms. The highest BCUT2D eigenvalue weighted by Crippen LogP contribution is 2.20. The molecule has 0 aromatic heterocycles. The highest BCUT2D eigenvalue weighted by Gasteiger charge is 2.44. The van der Waals surface area contributed by atoms with E-state index in [2.05, 4.69) is 10.6 Å². The van der Waals surface area contributed by atoms with Crippen LogP contribution in [0.5, 0.6) is 0 Å². The molecule has 0 spiro atoms. The average Bonchev–Trinajstić information content (AvgIpc) is 2.89. The van der Waals surface area contributed by atoms with Gasteiger partial charge < -0.3 is 20.5 Å². The van der Waals surface area contributed by atoms with Crippen LogP contribution >= 0.6 is 0 Å². The number of hydrogen-bond acceptors (Lipinski definition) is 4. The summed E-state index contributed by atoms with van der Waals surface area (Å²) < 4.78 is 5.08. The van der Waals surface area contributed by atoms with Crippen molar-refractivity contribution < 1.29 is 19.4 Å². The lowest BCUT2D eigenvalue weighted by Gasteiger charge is -2.24. The maximum atomic E-state index is 11.8. The van der Waals surface area contributed by atoms with Crippen LogP contribution in [-0.2, 0) is 14.3 Å². The summed E-state index contributed by atoms with van der Waals surface area (Å²) in [6, 6.07) is 0. The monoisotopic (exact) mass is 242 g/mol. The van der Waals surface area contributed by atoms with Crippen LogP contribution in [0.15, 0.2) is 0 Å². The minimum absolute atomic E-state index is 0.0665. The van der Waals surface area contributed by atoms with Crippen molar-refractivity contribution in [3.63, 3.8) is 0 Å². The summed E-state index contributed by atoms with van der Waals surface area (Å²) in [5.41, 5.74) is -1.21. The second-order valence-corrected chi connectivity index (χ2v) is 4.80. The lowest BCUT2D eigenvalue weighted by atomic mass is 9.97. The second-order valence-electron chi connectivity index (χ2n) is 4.80. The first-order chi connectivity index (χ1) is 8.12. The number of rotatable bonds is 4. The van der Waals surface area contributed by atoms with E-state index in [0.717, 1.165) is 19.5 Å². The van der Waals surface area contributed by atoms with Gasteiger partial charge in [-0.3, -0.25) is 4.79 Å². The van der Waals surface area contributed by atoms with Gasteiger partial charge in [-0.25, -0.2) is 4.79 Å². The predicted octanol–water partition coefficient (Wildman–Crippen LogP) is -0.654. The third-order valence-electron chi connectivity index (χ3n) is 3.45. The molecule has 3 N–H and O–H groups in total. The smallest absolute Gasteiger partial charge is 0.331 e. The average molecular weight is 242 g/mol. The topological polar surface area (TPSA) is 87.7 Å². The van der Waals surface area contributed by atoms with Gasteiger partial charge in [-0.15, -0.1) is 0 Å². The van der Waals surface area contributed by atoms with Gasteiger partial charge >= 0.3 is 5.97 Å². The van der Waals surface area contributed by atoms with E-state index in [-0.39, 0.29) is 12.5 Å². The number of hydrogen-bond donors (Lipinski definition) is 3. The fraction of sp³-hybridized carbons (Fsp3) is 0.818. The molecular formula is C11H18N2O4. The maximum Gasteiger partial charge on any atom is 0.331 e. The van der Waals surface area contributed by atoms with Gasteiger partial charge in [0, 0.05) is 19.4 Å². The van der Waals surface area contributed by atoms with Gasteiger partial charge in [0.2, 0.25) is 5.91 Å². The molecule has 2 aliphatic rings. The lowest BCUT2D eigenvalue weighted by molar-refractivity contribution is -0.147. The van der Waals surface area contributed by atoms with Crippen LogP contribution in [0.2, 0.25) is 0 Å². The first-order valence-electron chi connectivity index (χ1n) is 5.95. The zero-order valence-corrected chi connectivity index (χ0v) is 9.70. The van der Waals surface area contributed by atoms with Gasteiger partial charge in [-0.05, 0) is 25.4 Å². The number of carbonyl (C=O) groups is 2. The third kappa shape index (κ3) is 2.76. The van der Waals surface area contributed by atoms with E-state index in [1.807, 2.05) is 0 Å². The predicted molar refractivity (Wildman–Crippen MR) is 59.5 cm³/mol. The summed E-state index contributed by atoms with van der Waals surface area (Å²) in [5, 5.41) is 15.0. The van der Waals surface area contributed by atoms with Gasteiger partial charge in [0.15, 0.2) is 5.54 Å². The SMILES string of the molecule is O=C(CC1CCNC1)NC1(C(=O)O)CCOC1. The van der Waals surface area contributed by atoms with Crippen LogP contribution in [-0.4, -0.2) is 48.8 Å². The van der Waals surface area contributed by atoms with Crippen molar-refractivity contribution >= 4 is 11.9 Å². The minimum atomic E-state index is -1.21. The standard InChI is InChI=1S/C11H18N2O4/c14-9(5-8-1-3-12-6-8)13-11(10(15)16)2-4-17-7-11/h8,12H,1-7H2,(H,13,14)(H,15,16). The Morgan fingerprint density at radius 2 is 2.35 bits per heavy atom. The first-order valence-corrected chi connectivity index (χ1v) is 5.95. The molecule has 2 saturated heterocycles. The molecule has 0 aromatic carbocycles. The van der Waals surface area contributed by atoms with Gasteiger partial charge in [0.05, 0.1) is 6.61 Å². The summed E-state index contributed by atoms with van der Waals surface area (Å²) in [6.45, 7) is 2.23. The van der Waals surface area contributed by atoms with Crippen LogP contribution in [0, 0.1) is 5.92 Å². The summed E-state index contributed by atoms with van der Waals surface area (Å²) in [5.74, 6) is -0.873. The molecule has 0 aliphatic carbocycles. The largest absolute Gasteiger partial charge is 0.479 e. The molecule has 6 nitrogen and oxygen atoms in total. The Bertz CT molecular complexity index is 307. The van der Waals surface area contributed by atoms with Crippen molar-refractivity contribution in [2.45, 2.75) is 24.8 Å². The Kier molecular flexibility index (Phi) is 3.63. The van der Waals surface area contributed by atoms with E-state index in [9.17, 15) is 9.59 Å². The zero-order valence-electron chi connectivity index (χ0n) is 9.70. The molecule has 2 unspecified atom stereocenters. The van der Waals surface area contributed by atoms with Crippen LogP contribution in [0.1, 0.15) is 19.3 Å². The molecular weight excluding hydrogens is 224 g/mol. The minimum Gasteiger partial charge on any atom is -0.479 e. The Balaban J connectivity index is 1.89. The van der Waals surface area contributed by atoms with Crippen molar-refractivity contribution in [1.82, 2.24) is 10.6 Å². The molecule has 96 valence electrons. The number of aliphatic carboxylic acids is 1. The summed E-state index contributed by atoms with van der Waals surface area (Å²) >= 11 is 0. The number of carbonyl (C=O) groups excluding carboxylic acids is 1. The van der Waals surface area contributed by atoms with E-state index < -0.39 is 11.5 Å². The molecule has 2 aliphatic heterocycles. The van der Waals surface area contributed by atoms with E-state index in [0.29, 0.717) is 25.4 Å². The van der Waals surface area contributed by atoms with E-state index in [1.165, 1.54) is 0 Å². The molecule has 6 heteroatoms. The number of nitrogens with one attached hydrogen (secondary N) is 2. The number of ether oxygens (including phenoxy) is 1. The fourth-order valence-electron chi connectivity index (χ4n) is 2.35. The quantitative estimate of drug-likeness (QED) is 0.609. The fourth-order valence-corrected chi connectivity index (χ4v) is 2.35. The Morgan fingerprint density at radius 1 is 1.53 bits per heavy atom. The van der Waals surface area contributed by atoms with E-state index in [4.69, 9.17) is 9.84 Å². The van der Waals surface area contributed by atoms with Crippen LogP contribution in [0.25, 0.3) is 0 Å². The van der Waals surface area contributed by atoms with Crippen molar-refractivity contribution in [3.8, 4) is 0 Å². The molecule has 0 radical (unpaired) electrons. The molecule has 1 amide bonds. The van der Waals surface area contributed by atoms with Crippen molar-refractivity contribution in [1.29, 1.82) is 0 Å². The normalized spacial score (nSPS) is 32.6. The first kappa shape index (κ1) is 12.3. The van der Waals surface area contributed by atoms with Crippen LogP contribution in [0.4, 0.5) is 0 Å². The van der Waals surface area contributed by atoms with Crippen LogP contribution < -0.4 is 10.6 Å². The van der Waals surface area contributed by atoms with Crippen molar-refractivity contribution in [2.75, 3.05) is 26.3 Å². The number of carboxylic acids is 1. The van der Waals surface area contributed by atoms with E-state index >= 15 is 0 Å². The molecule has 2 fully saturated rings. The highest BCUT2D eigenvalue weighted by molar-refractivity contribution is 5.87. The number of amides is 1. The van der Waals surface area contributed by atoms with Gasteiger partial charge in [0.1, 0.15) is 0 Å². The summed E-state index contributed by atoms with van der Waals surface area (Å²) in [7, 11) is 0. The Hall–Kier alpha value is -1.14. The van der Waals surface area contributed by atoms with Crippen molar-refractivity contribution in [3.05, 3.63) is 0 Å². The van der Waals surface area contributed by atoms with Gasteiger partial charge in [-0.2, -0.15) is 0 Å². The Morgan fingerprint density at radius 3 is 2.88 bits per heavy atom.